The highest BCUT2D eigenvalue weighted by atomic mass is 35.5. The highest BCUT2D eigenvalue weighted by Gasteiger charge is 2.33. The molecule has 3 amide bonds. The average molecular weight is 331 g/mol. The molecule has 118 valence electrons. The van der Waals surface area contributed by atoms with E-state index in [1.807, 2.05) is 19.9 Å². The lowest BCUT2D eigenvalue weighted by Crippen LogP contribution is -2.30. The van der Waals surface area contributed by atoms with Gasteiger partial charge in [0.25, 0.3) is 5.91 Å². The number of halogens is 1. The normalized spacial score (nSPS) is 16.3. The molecule has 0 saturated carbocycles. The quantitative estimate of drug-likeness (QED) is 0.690. The lowest BCUT2D eigenvalue weighted by molar-refractivity contribution is -0.123. The van der Waals surface area contributed by atoms with Crippen LogP contribution in [0.15, 0.2) is 40.4 Å². The van der Waals surface area contributed by atoms with Gasteiger partial charge in [-0.25, -0.2) is 4.79 Å². The molecule has 2 aromatic rings. The van der Waals surface area contributed by atoms with Gasteiger partial charge < -0.3 is 9.73 Å². The zero-order chi connectivity index (χ0) is 16.6. The van der Waals surface area contributed by atoms with Crippen molar-refractivity contribution < 1.29 is 14.0 Å². The van der Waals surface area contributed by atoms with Crippen LogP contribution in [0.4, 0.5) is 4.79 Å². The molecule has 1 aromatic heterocycles. The Balaban J connectivity index is 1.82. The molecular formula is C17H15ClN2O3. The van der Waals surface area contributed by atoms with Gasteiger partial charge in [-0.05, 0) is 43.7 Å². The molecule has 23 heavy (non-hydrogen) atoms. The Hall–Kier alpha value is -2.53. The zero-order valence-electron chi connectivity index (χ0n) is 12.7. The molecule has 1 saturated heterocycles. The topological polar surface area (TPSA) is 62.6 Å². The highest BCUT2D eigenvalue weighted by Crippen LogP contribution is 2.21. The van der Waals surface area contributed by atoms with Crippen molar-refractivity contribution in [2.75, 3.05) is 0 Å². The number of imide groups is 1. The van der Waals surface area contributed by atoms with E-state index >= 15 is 0 Å². The summed E-state index contributed by atoms with van der Waals surface area (Å²) in [5.41, 5.74) is 1.85. The monoisotopic (exact) mass is 330 g/mol. The number of amides is 3. The fraction of sp³-hybridized carbons (Fsp3) is 0.176. The third kappa shape index (κ3) is 3.14. The smallest absolute Gasteiger partial charge is 0.329 e. The number of urea groups is 1. The summed E-state index contributed by atoms with van der Waals surface area (Å²) in [7, 11) is 0. The van der Waals surface area contributed by atoms with Crippen LogP contribution in [0.2, 0.25) is 5.02 Å². The van der Waals surface area contributed by atoms with Crippen LogP contribution in [-0.2, 0) is 11.3 Å². The number of nitrogens with zero attached hydrogens (tertiary/aromatic N) is 1. The molecule has 6 heteroatoms. The molecule has 1 fully saturated rings. The maximum Gasteiger partial charge on any atom is 0.329 e. The Morgan fingerprint density at radius 3 is 2.52 bits per heavy atom. The van der Waals surface area contributed by atoms with E-state index in [1.165, 1.54) is 0 Å². The van der Waals surface area contributed by atoms with Crippen molar-refractivity contribution in [3.05, 3.63) is 63.7 Å². The fourth-order valence-corrected chi connectivity index (χ4v) is 2.56. The molecule has 3 rings (SSSR count). The Labute approximate surface area is 138 Å². The maximum atomic E-state index is 12.4. The molecule has 0 radical (unpaired) electrons. The van der Waals surface area contributed by atoms with Crippen LogP contribution in [0.25, 0.3) is 6.08 Å². The molecule has 1 aromatic carbocycles. The number of carbonyl (C=O) groups excluding carboxylic acids is 2. The second-order valence-corrected chi connectivity index (χ2v) is 5.81. The number of nitrogens with one attached hydrogen (secondary N) is 1. The van der Waals surface area contributed by atoms with Crippen LogP contribution in [-0.4, -0.2) is 16.8 Å². The summed E-state index contributed by atoms with van der Waals surface area (Å²) < 4.78 is 5.43. The fourth-order valence-electron chi connectivity index (χ4n) is 2.44. The molecule has 0 aliphatic carbocycles. The summed E-state index contributed by atoms with van der Waals surface area (Å²) in [5.74, 6) is 1.10. The lowest BCUT2D eigenvalue weighted by atomic mass is 10.2. The number of hydrogen-bond acceptors (Lipinski definition) is 3. The molecule has 1 N–H and O–H groups in total. The molecule has 0 unspecified atom stereocenters. The van der Waals surface area contributed by atoms with Crippen molar-refractivity contribution in [2.24, 2.45) is 0 Å². The van der Waals surface area contributed by atoms with Gasteiger partial charge in [0.05, 0.1) is 6.54 Å². The van der Waals surface area contributed by atoms with Gasteiger partial charge in [-0.2, -0.15) is 0 Å². The molecule has 2 heterocycles. The van der Waals surface area contributed by atoms with Gasteiger partial charge in [0.15, 0.2) is 0 Å². The van der Waals surface area contributed by atoms with Gasteiger partial charge in [0.2, 0.25) is 0 Å². The third-order valence-corrected chi connectivity index (χ3v) is 3.85. The van der Waals surface area contributed by atoms with Crippen LogP contribution >= 0.6 is 11.6 Å². The van der Waals surface area contributed by atoms with Gasteiger partial charge in [-0.3, -0.25) is 9.69 Å². The molecule has 0 atom stereocenters. The number of carbonyl (C=O) groups is 2. The Morgan fingerprint density at radius 2 is 1.91 bits per heavy atom. The summed E-state index contributed by atoms with van der Waals surface area (Å²) in [4.78, 5) is 25.6. The van der Waals surface area contributed by atoms with Gasteiger partial charge >= 0.3 is 6.03 Å². The summed E-state index contributed by atoms with van der Waals surface area (Å²) in [6, 6.07) is 8.41. The Morgan fingerprint density at radius 1 is 1.22 bits per heavy atom. The van der Waals surface area contributed by atoms with Crippen LogP contribution < -0.4 is 5.32 Å². The highest BCUT2D eigenvalue weighted by molar-refractivity contribution is 6.30. The second kappa shape index (κ2) is 5.93. The van der Waals surface area contributed by atoms with E-state index in [4.69, 9.17) is 16.0 Å². The number of benzene rings is 1. The molecule has 5 nitrogen and oxygen atoms in total. The van der Waals surface area contributed by atoms with Crippen molar-refractivity contribution >= 4 is 29.6 Å². The van der Waals surface area contributed by atoms with Gasteiger partial charge in [0.1, 0.15) is 17.2 Å². The largest absolute Gasteiger partial charge is 0.466 e. The first kappa shape index (κ1) is 15.4. The summed E-state index contributed by atoms with van der Waals surface area (Å²) in [6.07, 6.45) is 1.63. The SMILES string of the molecule is Cc1cc(/C=C2\NC(=O)N(Cc3ccc(Cl)cc3)C2=O)c(C)o1. The van der Waals surface area contributed by atoms with Crippen molar-refractivity contribution in [3.63, 3.8) is 0 Å². The predicted octanol–water partition coefficient (Wildman–Crippen LogP) is 3.64. The molecular weight excluding hydrogens is 316 g/mol. The van der Waals surface area contributed by atoms with Crippen LogP contribution in [0.5, 0.6) is 0 Å². The number of aryl methyl sites for hydroxylation is 2. The van der Waals surface area contributed by atoms with Gasteiger partial charge in [-0.1, -0.05) is 23.7 Å². The van der Waals surface area contributed by atoms with E-state index in [-0.39, 0.29) is 18.1 Å². The summed E-state index contributed by atoms with van der Waals surface area (Å²) >= 11 is 5.84. The van der Waals surface area contributed by atoms with Crippen molar-refractivity contribution in [2.45, 2.75) is 20.4 Å². The maximum absolute atomic E-state index is 12.4. The Kier molecular flexibility index (Phi) is 3.96. The minimum absolute atomic E-state index is 0.197. The zero-order valence-corrected chi connectivity index (χ0v) is 13.5. The van der Waals surface area contributed by atoms with E-state index in [0.29, 0.717) is 10.8 Å². The third-order valence-electron chi connectivity index (χ3n) is 3.60. The van der Waals surface area contributed by atoms with E-state index in [2.05, 4.69) is 5.32 Å². The number of rotatable bonds is 3. The predicted molar refractivity (Wildman–Crippen MR) is 86.7 cm³/mol. The van der Waals surface area contributed by atoms with Gasteiger partial charge in [0, 0.05) is 10.6 Å². The first-order valence-corrected chi connectivity index (χ1v) is 7.48. The van der Waals surface area contributed by atoms with Crippen molar-refractivity contribution in [1.29, 1.82) is 0 Å². The van der Waals surface area contributed by atoms with E-state index in [1.54, 1.807) is 30.3 Å². The number of furan rings is 1. The summed E-state index contributed by atoms with van der Waals surface area (Å²) in [6.45, 7) is 3.84. The first-order valence-electron chi connectivity index (χ1n) is 7.10. The standard InChI is InChI=1S/C17H15ClN2O3/c1-10-7-13(11(2)23-10)8-15-16(21)20(17(22)19-15)9-12-3-5-14(18)6-4-12/h3-8H,9H2,1-2H3,(H,19,22)/b15-8-. The van der Waals surface area contributed by atoms with Crippen molar-refractivity contribution in [3.8, 4) is 0 Å². The lowest BCUT2D eigenvalue weighted by Gasteiger charge is -2.11. The van der Waals surface area contributed by atoms with Gasteiger partial charge in [-0.15, -0.1) is 0 Å². The number of hydrogen-bond donors (Lipinski definition) is 1. The molecule has 0 spiro atoms. The van der Waals surface area contributed by atoms with Crippen molar-refractivity contribution in [1.82, 2.24) is 10.2 Å². The second-order valence-electron chi connectivity index (χ2n) is 5.37. The summed E-state index contributed by atoms with van der Waals surface area (Å²) in [5, 5.41) is 3.21. The Bertz CT molecular complexity index is 806. The van der Waals surface area contributed by atoms with E-state index < -0.39 is 6.03 Å². The molecule has 0 bridgehead atoms. The molecule has 1 aliphatic heterocycles. The molecule has 1 aliphatic rings. The van der Waals surface area contributed by atoms with E-state index in [9.17, 15) is 9.59 Å². The van der Waals surface area contributed by atoms with E-state index in [0.717, 1.165) is 21.8 Å². The van der Waals surface area contributed by atoms with Crippen LogP contribution in [0.1, 0.15) is 22.6 Å². The van der Waals surface area contributed by atoms with Crippen LogP contribution in [0.3, 0.4) is 0 Å². The minimum atomic E-state index is -0.436. The first-order chi connectivity index (χ1) is 10.9. The minimum Gasteiger partial charge on any atom is -0.466 e. The van der Waals surface area contributed by atoms with Crippen LogP contribution in [0, 0.1) is 13.8 Å². The average Bonchev–Trinajstić information content (AvgIpc) is 2.95.